The fourth-order valence-corrected chi connectivity index (χ4v) is 4.20. The van der Waals surface area contributed by atoms with Gasteiger partial charge in [-0.1, -0.05) is 103 Å². The standard InChI is InChI=1S/C26H42O4.C8H6O4/c1-21(2)15-9-5-7-13-19-29-25(27)23-17-11-12-18-24(23)26(28)30-20-14-8-6-10-16-22(3)4;9-7(10)5-3-1-2-4-6(5)8(11)12/h11-12,17-18,21-22H,5-10,13-16,19-20H2,1-4H3;1-4H,(H,9,10)(H,11,12). The average molecular weight is 585 g/mol. The molecule has 0 unspecified atom stereocenters. The first-order chi connectivity index (χ1) is 20.0. The van der Waals surface area contributed by atoms with Crippen molar-refractivity contribution in [1.82, 2.24) is 0 Å². The van der Waals surface area contributed by atoms with E-state index in [1.807, 2.05) is 0 Å². The van der Waals surface area contributed by atoms with Crippen LogP contribution in [0.5, 0.6) is 0 Å². The van der Waals surface area contributed by atoms with E-state index in [1.54, 1.807) is 24.3 Å². The van der Waals surface area contributed by atoms with E-state index in [2.05, 4.69) is 27.7 Å². The molecule has 0 aliphatic carbocycles. The lowest BCUT2D eigenvalue weighted by atomic mass is 10.0. The summed E-state index contributed by atoms with van der Waals surface area (Å²) in [5.41, 5.74) is 0.202. The number of ether oxygens (including phenoxy) is 2. The predicted molar refractivity (Wildman–Crippen MR) is 163 cm³/mol. The van der Waals surface area contributed by atoms with Gasteiger partial charge in [-0.05, 0) is 48.9 Å². The van der Waals surface area contributed by atoms with Gasteiger partial charge in [0.2, 0.25) is 0 Å². The van der Waals surface area contributed by atoms with Crippen LogP contribution in [0.4, 0.5) is 0 Å². The Morgan fingerprint density at radius 2 is 0.833 bits per heavy atom. The lowest BCUT2D eigenvalue weighted by Gasteiger charge is -2.10. The molecule has 0 saturated heterocycles. The number of aromatic carboxylic acids is 2. The van der Waals surface area contributed by atoms with Crippen molar-refractivity contribution in [3.63, 3.8) is 0 Å². The quantitative estimate of drug-likeness (QED) is 0.132. The minimum Gasteiger partial charge on any atom is -0.478 e. The van der Waals surface area contributed by atoms with E-state index in [4.69, 9.17) is 19.7 Å². The van der Waals surface area contributed by atoms with Gasteiger partial charge in [0.05, 0.1) is 35.5 Å². The molecule has 0 bridgehead atoms. The third-order valence-electron chi connectivity index (χ3n) is 6.57. The Balaban J connectivity index is 0.000000609. The number of carbonyl (C=O) groups excluding carboxylic acids is 2. The number of hydrogen-bond acceptors (Lipinski definition) is 6. The van der Waals surface area contributed by atoms with Gasteiger partial charge in [0.1, 0.15) is 0 Å². The number of esters is 2. The molecule has 8 nitrogen and oxygen atoms in total. The first-order valence-corrected chi connectivity index (χ1v) is 15.0. The summed E-state index contributed by atoms with van der Waals surface area (Å²) in [6.07, 6.45) is 11.1. The lowest BCUT2D eigenvalue weighted by Crippen LogP contribution is -2.15. The van der Waals surface area contributed by atoms with Gasteiger partial charge in [-0.15, -0.1) is 0 Å². The molecule has 2 rings (SSSR count). The smallest absolute Gasteiger partial charge is 0.339 e. The molecule has 0 amide bonds. The summed E-state index contributed by atoms with van der Waals surface area (Å²) in [4.78, 5) is 45.8. The Labute approximate surface area is 250 Å². The molecule has 8 heteroatoms. The highest BCUT2D eigenvalue weighted by atomic mass is 16.5. The van der Waals surface area contributed by atoms with Gasteiger partial charge >= 0.3 is 23.9 Å². The SMILES string of the molecule is CC(C)CCCCCCOC(=O)c1ccccc1C(=O)OCCCCCCC(C)C.O=C(O)c1ccccc1C(=O)O. The van der Waals surface area contributed by atoms with Crippen LogP contribution in [-0.2, 0) is 9.47 Å². The van der Waals surface area contributed by atoms with Crippen LogP contribution in [0.25, 0.3) is 0 Å². The van der Waals surface area contributed by atoms with E-state index in [1.165, 1.54) is 49.9 Å². The molecule has 2 aromatic carbocycles. The second kappa shape index (κ2) is 21.1. The van der Waals surface area contributed by atoms with Crippen LogP contribution in [-0.4, -0.2) is 47.3 Å². The molecule has 0 spiro atoms. The molecule has 42 heavy (non-hydrogen) atoms. The molecular weight excluding hydrogens is 536 g/mol. The van der Waals surface area contributed by atoms with Gasteiger partial charge < -0.3 is 19.7 Å². The second-order valence-electron chi connectivity index (χ2n) is 11.2. The molecule has 0 radical (unpaired) electrons. The minimum absolute atomic E-state index is 0.190. The van der Waals surface area contributed by atoms with Crippen molar-refractivity contribution in [3.05, 3.63) is 70.8 Å². The van der Waals surface area contributed by atoms with Crippen LogP contribution >= 0.6 is 0 Å². The molecule has 0 saturated carbocycles. The second-order valence-corrected chi connectivity index (χ2v) is 11.2. The fourth-order valence-electron chi connectivity index (χ4n) is 4.20. The van der Waals surface area contributed by atoms with Crippen LogP contribution < -0.4 is 0 Å². The summed E-state index contributed by atoms with van der Waals surface area (Å²) in [5.74, 6) is -1.87. The zero-order chi connectivity index (χ0) is 31.3. The van der Waals surface area contributed by atoms with Crippen molar-refractivity contribution >= 4 is 23.9 Å². The van der Waals surface area contributed by atoms with E-state index >= 15 is 0 Å². The Kier molecular flexibility index (Phi) is 18.2. The third kappa shape index (κ3) is 15.4. The lowest BCUT2D eigenvalue weighted by molar-refractivity contribution is 0.0450. The van der Waals surface area contributed by atoms with E-state index in [9.17, 15) is 19.2 Å². The van der Waals surface area contributed by atoms with Gasteiger partial charge in [-0.3, -0.25) is 0 Å². The van der Waals surface area contributed by atoms with Crippen molar-refractivity contribution in [2.75, 3.05) is 13.2 Å². The van der Waals surface area contributed by atoms with Gasteiger partial charge in [-0.25, -0.2) is 19.2 Å². The van der Waals surface area contributed by atoms with E-state index in [0.717, 1.165) is 50.4 Å². The largest absolute Gasteiger partial charge is 0.478 e. The highest BCUT2D eigenvalue weighted by molar-refractivity contribution is 6.03. The van der Waals surface area contributed by atoms with Crippen LogP contribution in [0.1, 0.15) is 133 Å². The Bertz CT molecular complexity index is 1020. The zero-order valence-electron chi connectivity index (χ0n) is 25.6. The molecule has 232 valence electrons. The van der Waals surface area contributed by atoms with Crippen LogP contribution in [0.3, 0.4) is 0 Å². The zero-order valence-corrected chi connectivity index (χ0v) is 25.6. The molecular formula is C34H48O8. The van der Waals surface area contributed by atoms with Crippen molar-refractivity contribution < 1.29 is 38.9 Å². The first kappa shape index (κ1) is 36.3. The van der Waals surface area contributed by atoms with Crippen molar-refractivity contribution in [2.45, 2.75) is 91.9 Å². The topological polar surface area (TPSA) is 127 Å². The minimum atomic E-state index is -1.23. The summed E-state index contributed by atoms with van der Waals surface area (Å²) in [7, 11) is 0. The summed E-state index contributed by atoms with van der Waals surface area (Å²) >= 11 is 0. The number of carbonyl (C=O) groups is 4. The summed E-state index contributed by atoms with van der Waals surface area (Å²) in [6, 6.07) is 12.2. The van der Waals surface area contributed by atoms with E-state index in [0.29, 0.717) is 24.3 Å². The molecule has 2 aromatic rings. The molecule has 0 atom stereocenters. The Morgan fingerprint density at radius 1 is 0.524 bits per heavy atom. The number of benzene rings is 2. The molecule has 0 aromatic heterocycles. The highest BCUT2D eigenvalue weighted by Gasteiger charge is 2.19. The maximum atomic E-state index is 12.4. The van der Waals surface area contributed by atoms with Gasteiger partial charge in [0.15, 0.2) is 0 Å². The molecule has 0 aliphatic heterocycles. The van der Waals surface area contributed by atoms with Crippen molar-refractivity contribution in [1.29, 1.82) is 0 Å². The molecule has 0 heterocycles. The normalized spacial score (nSPS) is 10.6. The summed E-state index contributed by atoms with van der Waals surface area (Å²) < 4.78 is 10.8. The maximum absolute atomic E-state index is 12.4. The van der Waals surface area contributed by atoms with E-state index in [-0.39, 0.29) is 11.1 Å². The summed E-state index contributed by atoms with van der Waals surface area (Å²) in [5, 5.41) is 17.1. The first-order valence-electron chi connectivity index (χ1n) is 15.0. The van der Waals surface area contributed by atoms with Crippen LogP contribution in [0.2, 0.25) is 0 Å². The monoisotopic (exact) mass is 584 g/mol. The average Bonchev–Trinajstić information content (AvgIpc) is 2.95. The highest BCUT2D eigenvalue weighted by Crippen LogP contribution is 2.15. The molecule has 2 N–H and O–H groups in total. The number of rotatable bonds is 18. The Morgan fingerprint density at radius 3 is 1.14 bits per heavy atom. The van der Waals surface area contributed by atoms with Gasteiger partial charge in [0, 0.05) is 0 Å². The van der Waals surface area contributed by atoms with Crippen molar-refractivity contribution in [3.8, 4) is 0 Å². The number of carboxylic acids is 2. The predicted octanol–water partition coefficient (Wildman–Crippen LogP) is 8.30. The van der Waals surface area contributed by atoms with Crippen molar-refractivity contribution in [2.24, 2.45) is 11.8 Å². The van der Waals surface area contributed by atoms with Gasteiger partial charge in [-0.2, -0.15) is 0 Å². The maximum Gasteiger partial charge on any atom is 0.339 e. The number of unbranched alkanes of at least 4 members (excludes halogenated alkanes) is 6. The fraction of sp³-hybridized carbons (Fsp3) is 0.529. The van der Waals surface area contributed by atoms with Crippen LogP contribution in [0, 0.1) is 11.8 Å². The Hall–Kier alpha value is -3.68. The molecule has 0 aliphatic rings. The summed E-state index contributed by atoms with van der Waals surface area (Å²) in [6.45, 7) is 9.72. The number of carboxylic acid groups (broad SMARTS) is 2. The number of hydrogen-bond donors (Lipinski definition) is 2. The van der Waals surface area contributed by atoms with Gasteiger partial charge in [0.25, 0.3) is 0 Å². The van der Waals surface area contributed by atoms with E-state index < -0.39 is 23.9 Å². The molecule has 0 fully saturated rings. The third-order valence-corrected chi connectivity index (χ3v) is 6.57. The van der Waals surface area contributed by atoms with Crippen LogP contribution in [0.15, 0.2) is 48.5 Å².